The Bertz CT molecular complexity index is 505. The fourth-order valence-electron chi connectivity index (χ4n) is 1.95. The number of hydrogen-bond donors (Lipinski definition) is 2. The molecule has 0 aliphatic carbocycles. The molecule has 1 aromatic carbocycles. The van der Waals surface area contributed by atoms with E-state index in [1.54, 1.807) is 14.2 Å². The smallest absolute Gasteiger partial charge is 0.131 e. The summed E-state index contributed by atoms with van der Waals surface area (Å²) in [4.78, 5) is 3.36. The number of benzene rings is 1. The van der Waals surface area contributed by atoms with Crippen molar-refractivity contribution >= 4 is 10.9 Å². The first kappa shape index (κ1) is 11.8. The lowest BCUT2D eigenvalue weighted by Gasteiger charge is -2.04. The Morgan fingerprint density at radius 3 is 2.65 bits per heavy atom. The molecule has 0 unspecified atom stereocenters. The highest BCUT2D eigenvalue weighted by molar-refractivity contribution is 5.88. The van der Waals surface area contributed by atoms with Gasteiger partial charge in [-0.05, 0) is 25.5 Å². The number of hydrogen-bond acceptors (Lipinski definition) is 3. The molecule has 2 aromatic rings. The van der Waals surface area contributed by atoms with E-state index in [0.717, 1.165) is 35.2 Å². The first-order chi connectivity index (χ1) is 8.28. The molecule has 0 atom stereocenters. The third-order valence-corrected chi connectivity index (χ3v) is 2.84. The summed E-state index contributed by atoms with van der Waals surface area (Å²) in [6.45, 7) is 0.704. The molecular weight excluding hydrogens is 216 g/mol. The van der Waals surface area contributed by atoms with Crippen molar-refractivity contribution in [1.29, 1.82) is 0 Å². The highest BCUT2D eigenvalue weighted by Crippen LogP contribution is 2.31. The van der Waals surface area contributed by atoms with E-state index in [1.807, 2.05) is 12.1 Å². The van der Waals surface area contributed by atoms with Crippen molar-refractivity contribution in [2.45, 2.75) is 12.8 Å². The Hall–Kier alpha value is -1.68. The van der Waals surface area contributed by atoms with Gasteiger partial charge in [0.1, 0.15) is 11.5 Å². The Morgan fingerprint density at radius 2 is 2.00 bits per heavy atom. The average Bonchev–Trinajstić information content (AvgIpc) is 2.77. The van der Waals surface area contributed by atoms with Gasteiger partial charge in [-0.3, -0.25) is 0 Å². The minimum atomic E-state index is 0.704. The third kappa shape index (κ3) is 2.36. The number of nitrogens with one attached hydrogen (secondary N) is 1. The summed E-state index contributed by atoms with van der Waals surface area (Å²) in [6.07, 6.45) is 1.93. The maximum atomic E-state index is 5.51. The number of aromatic amines is 1. The Kier molecular flexibility index (Phi) is 3.54. The third-order valence-electron chi connectivity index (χ3n) is 2.84. The molecule has 4 nitrogen and oxygen atoms in total. The van der Waals surface area contributed by atoms with E-state index in [9.17, 15) is 0 Å². The molecular formula is C13H18N2O2. The first-order valence-electron chi connectivity index (χ1n) is 5.72. The van der Waals surface area contributed by atoms with E-state index >= 15 is 0 Å². The van der Waals surface area contributed by atoms with Crippen molar-refractivity contribution in [2.24, 2.45) is 5.73 Å². The van der Waals surface area contributed by atoms with E-state index in [1.165, 1.54) is 5.69 Å². The highest BCUT2D eigenvalue weighted by atomic mass is 16.5. The molecule has 0 radical (unpaired) electrons. The van der Waals surface area contributed by atoms with E-state index in [2.05, 4.69) is 11.1 Å². The summed E-state index contributed by atoms with van der Waals surface area (Å²) < 4.78 is 10.6. The van der Waals surface area contributed by atoms with E-state index in [-0.39, 0.29) is 0 Å². The fraction of sp³-hybridized carbons (Fsp3) is 0.385. The lowest BCUT2D eigenvalue weighted by atomic mass is 10.2. The van der Waals surface area contributed by atoms with Gasteiger partial charge < -0.3 is 20.2 Å². The SMILES string of the molecule is COc1cc(OC)c2cc(CCCN)[nH]c2c1. The van der Waals surface area contributed by atoms with E-state index < -0.39 is 0 Å². The van der Waals surface area contributed by atoms with Gasteiger partial charge in [-0.1, -0.05) is 0 Å². The zero-order valence-electron chi connectivity index (χ0n) is 10.2. The summed E-state index contributed by atoms with van der Waals surface area (Å²) in [5.41, 5.74) is 7.73. The van der Waals surface area contributed by atoms with Crippen LogP contribution in [0.15, 0.2) is 18.2 Å². The number of ether oxygens (including phenoxy) is 2. The molecule has 17 heavy (non-hydrogen) atoms. The van der Waals surface area contributed by atoms with Crippen molar-refractivity contribution in [1.82, 2.24) is 4.98 Å². The lowest BCUT2D eigenvalue weighted by Crippen LogP contribution is -2.00. The molecule has 0 saturated carbocycles. The Labute approximate surface area is 101 Å². The van der Waals surface area contributed by atoms with Crippen molar-refractivity contribution in [3.8, 4) is 11.5 Å². The lowest BCUT2D eigenvalue weighted by molar-refractivity contribution is 0.398. The van der Waals surface area contributed by atoms with Crippen molar-refractivity contribution in [3.63, 3.8) is 0 Å². The minimum Gasteiger partial charge on any atom is -0.497 e. The number of methoxy groups -OCH3 is 2. The molecule has 4 heteroatoms. The van der Waals surface area contributed by atoms with Crippen LogP contribution in [-0.4, -0.2) is 25.7 Å². The van der Waals surface area contributed by atoms with E-state index in [0.29, 0.717) is 6.54 Å². The van der Waals surface area contributed by atoms with Crippen molar-refractivity contribution in [3.05, 3.63) is 23.9 Å². The molecule has 1 heterocycles. The zero-order valence-corrected chi connectivity index (χ0v) is 10.2. The maximum absolute atomic E-state index is 5.51. The Morgan fingerprint density at radius 1 is 1.18 bits per heavy atom. The molecule has 0 spiro atoms. The van der Waals surface area contributed by atoms with Gasteiger partial charge in [-0.15, -0.1) is 0 Å². The van der Waals surface area contributed by atoms with Gasteiger partial charge in [0.25, 0.3) is 0 Å². The van der Waals surface area contributed by atoms with Crippen LogP contribution < -0.4 is 15.2 Å². The van der Waals surface area contributed by atoms with Crippen LogP contribution in [0.2, 0.25) is 0 Å². The van der Waals surface area contributed by atoms with Gasteiger partial charge in [0, 0.05) is 23.2 Å². The molecule has 0 fully saturated rings. The second-order valence-corrected chi connectivity index (χ2v) is 3.98. The number of H-pyrrole nitrogens is 1. The van der Waals surface area contributed by atoms with E-state index in [4.69, 9.17) is 15.2 Å². The zero-order chi connectivity index (χ0) is 12.3. The molecule has 3 N–H and O–H groups in total. The van der Waals surface area contributed by atoms with Gasteiger partial charge in [-0.2, -0.15) is 0 Å². The standard InChI is InChI=1S/C13H18N2O2/c1-16-10-7-12-11(13(8-10)17-2)6-9(15-12)4-3-5-14/h6-8,15H,3-5,14H2,1-2H3. The van der Waals surface area contributed by atoms with Crippen LogP contribution in [0.1, 0.15) is 12.1 Å². The quantitative estimate of drug-likeness (QED) is 0.832. The van der Waals surface area contributed by atoms with Crippen LogP contribution in [0, 0.1) is 0 Å². The van der Waals surface area contributed by atoms with Crippen LogP contribution >= 0.6 is 0 Å². The van der Waals surface area contributed by atoms with Crippen LogP contribution in [0.25, 0.3) is 10.9 Å². The van der Waals surface area contributed by atoms with Gasteiger partial charge in [0.2, 0.25) is 0 Å². The molecule has 1 aromatic heterocycles. The molecule has 2 rings (SSSR count). The number of fused-ring (bicyclic) bond motifs is 1. The van der Waals surface area contributed by atoms with Crippen LogP contribution in [-0.2, 0) is 6.42 Å². The summed E-state index contributed by atoms with van der Waals surface area (Å²) in [5.74, 6) is 1.62. The molecule has 0 amide bonds. The predicted molar refractivity (Wildman–Crippen MR) is 68.8 cm³/mol. The normalized spacial score (nSPS) is 10.8. The van der Waals surface area contributed by atoms with Crippen LogP contribution in [0.4, 0.5) is 0 Å². The van der Waals surface area contributed by atoms with Gasteiger partial charge in [-0.25, -0.2) is 0 Å². The summed E-state index contributed by atoms with van der Waals surface area (Å²) >= 11 is 0. The molecule has 0 aliphatic rings. The second-order valence-electron chi connectivity index (χ2n) is 3.98. The molecule has 0 aliphatic heterocycles. The summed E-state index contributed by atoms with van der Waals surface area (Å²) in [5, 5.41) is 1.08. The second kappa shape index (κ2) is 5.10. The highest BCUT2D eigenvalue weighted by Gasteiger charge is 2.08. The largest absolute Gasteiger partial charge is 0.497 e. The van der Waals surface area contributed by atoms with Gasteiger partial charge >= 0.3 is 0 Å². The van der Waals surface area contributed by atoms with Crippen molar-refractivity contribution < 1.29 is 9.47 Å². The first-order valence-corrected chi connectivity index (χ1v) is 5.72. The van der Waals surface area contributed by atoms with Gasteiger partial charge in [0.05, 0.1) is 19.7 Å². The fourth-order valence-corrected chi connectivity index (χ4v) is 1.95. The summed E-state index contributed by atoms with van der Waals surface area (Å²) in [7, 11) is 3.32. The van der Waals surface area contributed by atoms with Crippen LogP contribution in [0.3, 0.4) is 0 Å². The number of aromatic nitrogens is 1. The van der Waals surface area contributed by atoms with Crippen molar-refractivity contribution in [2.75, 3.05) is 20.8 Å². The topological polar surface area (TPSA) is 60.3 Å². The molecule has 92 valence electrons. The number of aryl methyl sites for hydroxylation is 1. The molecule has 0 saturated heterocycles. The average molecular weight is 234 g/mol. The Balaban J connectivity index is 2.43. The number of nitrogens with two attached hydrogens (primary N) is 1. The van der Waals surface area contributed by atoms with Gasteiger partial charge in [0.15, 0.2) is 0 Å². The van der Waals surface area contributed by atoms with Crippen LogP contribution in [0.5, 0.6) is 11.5 Å². The monoisotopic (exact) mass is 234 g/mol. The summed E-state index contributed by atoms with van der Waals surface area (Å²) in [6, 6.07) is 5.98. The molecule has 0 bridgehead atoms. The predicted octanol–water partition coefficient (Wildman–Crippen LogP) is 2.08. The minimum absolute atomic E-state index is 0.704. The maximum Gasteiger partial charge on any atom is 0.131 e. The number of rotatable bonds is 5.